The monoisotopic (exact) mass is 320 g/mol. The van der Waals surface area contributed by atoms with E-state index < -0.39 is 10.0 Å². The number of hydrogen-bond acceptors (Lipinski definition) is 4. The molecule has 0 bridgehead atoms. The topological polar surface area (TPSA) is 61.2 Å². The van der Waals surface area contributed by atoms with E-state index in [2.05, 4.69) is 0 Å². The molecule has 6 heteroatoms. The van der Waals surface area contributed by atoms with Gasteiger partial charge in [0.2, 0.25) is 10.0 Å². The summed E-state index contributed by atoms with van der Waals surface area (Å²) in [5.41, 5.74) is 0.448. The predicted molar refractivity (Wildman–Crippen MR) is 83.3 cm³/mol. The first-order valence-corrected chi connectivity index (χ1v) is 8.81. The average Bonchev–Trinajstić information content (AvgIpc) is 2.97. The summed E-state index contributed by atoms with van der Waals surface area (Å²) in [7, 11) is -3.57. The molecular weight excluding hydrogens is 304 g/mol. The normalized spacial score (nSPS) is 11.8. The minimum absolute atomic E-state index is 0.146. The second-order valence-corrected chi connectivity index (χ2v) is 7.78. The number of hydrogen-bond donors (Lipinski definition) is 0. The summed E-state index contributed by atoms with van der Waals surface area (Å²) in [6.45, 7) is 4.07. The highest BCUT2D eigenvalue weighted by molar-refractivity contribution is 7.89. The zero-order valence-corrected chi connectivity index (χ0v) is 13.5. The van der Waals surface area contributed by atoms with Crippen molar-refractivity contribution in [3.05, 3.63) is 52.2 Å². The van der Waals surface area contributed by atoms with Crippen LogP contribution in [0.15, 0.2) is 46.7 Å². The summed E-state index contributed by atoms with van der Waals surface area (Å²) in [4.78, 5) is 1.22. The largest absolute Gasteiger partial charge is 0.243 e. The Morgan fingerprint density at radius 1 is 1.24 bits per heavy atom. The zero-order chi connectivity index (χ0) is 15.5. The van der Waals surface area contributed by atoms with Crippen LogP contribution in [0.3, 0.4) is 0 Å². The SMILES string of the molecule is CC(C)N(Cc1cccs1)S(=O)(=O)c1ccc(C#N)cc1. The van der Waals surface area contributed by atoms with E-state index in [1.807, 2.05) is 37.4 Å². The maximum atomic E-state index is 12.7. The van der Waals surface area contributed by atoms with Gasteiger partial charge in [0.15, 0.2) is 0 Å². The number of sulfonamides is 1. The number of nitriles is 1. The van der Waals surface area contributed by atoms with Crippen LogP contribution in [0.25, 0.3) is 0 Å². The smallest absolute Gasteiger partial charge is 0.207 e. The Labute approximate surface area is 129 Å². The van der Waals surface area contributed by atoms with Crippen molar-refractivity contribution in [3.8, 4) is 6.07 Å². The van der Waals surface area contributed by atoms with Crippen LogP contribution < -0.4 is 0 Å². The van der Waals surface area contributed by atoms with Gasteiger partial charge in [0.05, 0.1) is 16.5 Å². The fourth-order valence-electron chi connectivity index (χ4n) is 1.94. The van der Waals surface area contributed by atoms with E-state index in [9.17, 15) is 8.42 Å². The van der Waals surface area contributed by atoms with Crippen LogP contribution >= 0.6 is 11.3 Å². The molecule has 21 heavy (non-hydrogen) atoms. The maximum absolute atomic E-state index is 12.7. The van der Waals surface area contributed by atoms with Gasteiger partial charge in [-0.25, -0.2) is 8.42 Å². The highest BCUT2D eigenvalue weighted by Crippen LogP contribution is 2.23. The Bertz CT molecular complexity index is 727. The van der Waals surface area contributed by atoms with Crippen LogP contribution in [-0.2, 0) is 16.6 Å². The first-order chi connectivity index (χ1) is 9.95. The van der Waals surface area contributed by atoms with Gasteiger partial charge in [0.25, 0.3) is 0 Å². The number of nitrogens with zero attached hydrogens (tertiary/aromatic N) is 2. The Morgan fingerprint density at radius 3 is 2.38 bits per heavy atom. The van der Waals surface area contributed by atoms with Gasteiger partial charge in [-0.3, -0.25) is 0 Å². The zero-order valence-electron chi connectivity index (χ0n) is 11.9. The summed E-state index contributed by atoms with van der Waals surface area (Å²) >= 11 is 1.54. The lowest BCUT2D eigenvalue weighted by atomic mass is 10.2. The minimum Gasteiger partial charge on any atom is -0.207 e. The molecule has 0 amide bonds. The van der Waals surface area contributed by atoms with Crippen LogP contribution in [0, 0.1) is 11.3 Å². The second-order valence-electron chi connectivity index (χ2n) is 4.86. The molecule has 1 aromatic heterocycles. The summed E-state index contributed by atoms with van der Waals surface area (Å²) in [6.07, 6.45) is 0. The molecule has 4 nitrogen and oxygen atoms in total. The third-order valence-electron chi connectivity index (χ3n) is 3.06. The lowest BCUT2D eigenvalue weighted by Crippen LogP contribution is -2.36. The molecular formula is C15H16N2O2S2. The van der Waals surface area contributed by atoms with Gasteiger partial charge in [0, 0.05) is 17.5 Å². The molecule has 0 aliphatic carbocycles. The van der Waals surface area contributed by atoms with Crippen LogP contribution in [-0.4, -0.2) is 18.8 Å². The number of benzene rings is 1. The van der Waals surface area contributed by atoms with Gasteiger partial charge < -0.3 is 0 Å². The van der Waals surface area contributed by atoms with Gasteiger partial charge in [-0.2, -0.15) is 9.57 Å². The van der Waals surface area contributed by atoms with Crippen molar-refractivity contribution in [3.63, 3.8) is 0 Å². The molecule has 0 spiro atoms. The first kappa shape index (κ1) is 15.7. The van der Waals surface area contributed by atoms with E-state index in [4.69, 9.17) is 5.26 Å². The van der Waals surface area contributed by atoms with Gasteiger partial charge in [-0.05, 0) is 49.6 Å². The fourth-order valence-corrected chi connectivity index (χ4v) is 4.34. The van der Waals surface area contributed by atoms with Crippen LogP contribution in [0.2, 0.25) is 0 Å². The molecule has 0 fully saturated rings. The van der Waals surface area contributed by atoms with Gasteiger partial charge in [-0.1, -0.05) is 6.07 Å². The summed E-state index contributed by atoms with van der Waals surface area (Å²) in [5.74, 6) is 0. The van der Waals surface area contributed by atoms with Crippen molar-refractivity contribution in [2.24, 2.45) is 0 Å². The third-order valence-corrected chi connectivity index (χ3v) is 5.95. The highest BCUT2D eigenvalue weighted by atomic mass is 32.2. The van der Waals surface area contributed by atoms with E-state index in [-0.39, 0.29) is 10.9 Å². The molecule has 2 aromatic rings. The Balaban J connectivity index is 2.35. The molecule has 0 saturated heterocycles. The molecule has 0 N–H and O–H groups in total. The fraction of sp³-hybridized carbons (Fsp3) is 0.267. The predicted octanol–water partition coefficient (Wildman–Crippen LogP) is 3.22. The lowest BCUT2D eigenvalue weighted by molar-refractivity contribution is 0.350. The average molecular weight is 320 g/mol. The van der Waals surface area contributed by atoms with E-state index >= 15 is 0 Å². The Hall–Kier alpha value is -1.68. The number of thiophene rings is 1. The third kappa shape index (κ3) is 3.50. The summed E-state index contributed by atoms with van der Waals surface area (Å²) in [5, 5.41) is 10.7. The van der Waals surface area contributed by atoms with E-state index in [1.165, 1.54) is 39.9 Å². The van der Waals surface area contributed by atoms with Crippen molar-refractivity contribution in [1.82, 2.24) is 4.31 Å². The van der Waals surface area contributed by atoms with Gasteiger partial charge >= 0.3 is 0 Å². The molecule has 0 unspecified atom stereocenters. The standard InChI is InChI=1S/C15H16N2O2S2/c1-12(2)17(11-14-4-3-9-20-14)21(18,19)15-7-5-13(10-16)6-8-15/h3-9,12H,11H2,1-2H3. The molecule has 1 aromatic carbocycles. The molecule has 1 heterocycles. The lowest BCUT2D eigenvalue weighted by Gasteiger charge is -2.25. The summed E-state index contributed by atoms with van der Waals surface area (Å²) in [6, 6.07) is 11.7. The quantitative estimate of drug-likeness (QED) is 0.850. The molecule has 110 valence electrons. The van der Waals surface area contributed by atoms with Crippen LogP contribution in [0.1, 0.15) is 24.3 Å². The number of rotatable bonds is 5. The Kier molecular flexibility index (Phi) is 4.78. The van der Waals surface area contributed by atoms with E-state index in [1.54, 1.807) is 0 Å². The molecule has 0 saturated carbocycles. The minimum atomic E-state index is -3.57. The molecule has 0 aliphatic rings. The van der Waals surface area contributed by atoms with E-state index in [0.717, 1.165) is 4.88 Å². The van der Waals surface area contributed by atoms with Crippen LogP contribution in [0.4, 0.5) is 0 Å². The molecule has 0 atom stereocenters. The summed E-state index contributed by atoms with van der Waals surface area (Å²) < 4.78 is 27.0. The maximum Gasteiger partial charge on any atom is 0.243 e. The first-order valence-electron chi connectivity index (χ1n) is 6.49. The molecule has 0 radical (unpaired) electrons. The van der Waals surface area contributed by atoms with Gasteiger partial charge in [0.1, 0.15) is 0 Å². The van der Waals surface area contributed by atoms with Crippen molar-refractivity contribution >= 4 is 21.4 Å². The molecule has 0 aliphatic heterocycles. The van der Waals surface area contributed by atoms with Crippen molar-refractivity contribution in [2.45, 2.75) is 31.3 Å². The Morgan fingerprint density at radius 2 is 1.90 bits per heavy atom. The highest BCUT2D eigenvalue weighted by Gasteiger charge is 2.27. The van der Waals surface area contributed by atoms with E-state index in [0.29, 0.717) is 12.1 Å². The van der Waals surface area contributed by atoms with Gasteiger partial charge in [-0.15, -0.1) is 11.3 Å². The van der Waals surface area contributed by atoms with Crippen molar-refractivity contribution in [1.29, 1.82) is 5.26 Å². The van der Waals surface area contributed by atoms with Crippen molar-refractivity contribution in [2.75, 3.05) is 0 Å². The second kappa shape index (κ2) is 6.39. The van der Waals surface area contributed by atoms with Crippen molar-refractivity contribution < 1.29 is 8.42 Å². The van der Waals surface area contributed by atoms with Crippen LogP contribution in [0.5, 0.6) is 0 Å². The molecule has 2 rings (SSSR count).